The first-order valence-electron chi connectivity index (χ1n) is 8.84. The summed E-state index contributed by atoms with van der Waals surface area (Å²) in [7, 11) is -3.50. The van der Waals surface area contributed by atoms with Crippen molar-refractivity contribution in [2.24, 2.45) is 0 Å². The Morgan fingerprint density at radius 3 is 2.38 bits per heavy atom. The van der Waals surface area contributed by atoms with E-state index in [9.17, 15) is 13.2 Å². The molecule has 0 aromatic heterocycles. The number of aryl methyl sites for hydroxylation is 1. The van der Waals surface area contributed by atoms with Crippen LogP contribution < -0.4 is 0 Å². The number of sulfonamides is 1. The largest absolute Gasteiger partial charge is 0.347 e. The lowest BCUT2D eigenvalue weighted by Gasteiger charge is -2.38. The summed E-state index contributed by atoms with van der Waals surface area (Å²) in [6, 6.07) is 7.60. The standard InChI is InChI=1S/C18H26N2O5S/c1-15-5-3-4-6-16(15)13-20(26(2,22)23)14-17(21)19-9-7-18(8-10-19)24-11-12-25-18/h3-6H,7-14H2,1-2H3. The van der Waals surface area contributed by atoms with Crippen LogP contribution in [0.15, 0.2) is 24.3 Å². The van der Waals surface area contributed by atoms with Crippen molar-refractivity contribution in [3.05, 3.63) is 35.4 Å². The Morgan fingerprint density at radius 2 is 1.81 bits per heavy atom. The van der Waals surface area contributed by atoms with Gasteiger partial charge in [0, 0.05) is 32.5 Å². The minimum atomic E-state index is -3.50. The third kappa shape index (κ3) is 4.43. The van der Waals surface area contributed by atoms with E-state index in [1.807, 2.05) is 31.2 Å². The molecule has 1 aromatic carbocycles. The van der Waals surface area contributed by atoms with Crippen molar-refractivity contribution in [2.45, 2.75) is 32.1 Å². The predicted octanol–water partition coefficient (Wildman–Crippen LogP) is 1.12. The topological polar surface area (TPSA) is 76.2 Å². The second kappa shape index (κ2) is 7.64. The molecule has 144 valence electrons. The number of amides is 1. The normalized spacial score (nSPS) is 20.0. The van der Waals surface area contributed by atoms with Gasteiger partial charge in [0.2, 0.25) is 15.9 Å². The van der Waals surface area contributed by atoms with Crippen LogP contribution in [-0.2, 0) is 30.8 Å². The molecule has 8 heteroatoms. The number of likely N-dealkylation sites (tertiary alicyclic amines) is 1. The summed E-state index contributed by atoms with van der Waals surface area (Å²) < 4.78 is 37.0. The van der Waals surface area contributed by atoms with Gasteiger partial charge in [0.1, 0.15) is 0 Å². The molecule has 1 spiro atoms. The van der Waals surface area contributed by atoms with Gasteiger partial charge in [-0.1, -0.05) is 24.3 Å². The Bertz CT molecular complexity index is 749. The van der Waals surface area contributed by atoms with Crippen molar-refractivity contribution in [3.63, 3.8) is 0 Å². The fraction of sp³-hybridized carbons (Fsp3) is 0.611. The first-order valence-corrected chi connectivity index (χ1v) is 10.7. The van der Waals surface area contributed by atoms with Gasteiger partial charge in [0.05, 0.1) is 26.0 Å². The maximum Gasteiger partial charge on any atom is 0.237 e. The highest BCUT2D eigenvalue weighted by Crippen LogP contribution is 2.31. The molecule has 2 aliphatic heterocycles. The Kier molecular flexibility index (Phi) is 5.67. The number of piperidine rings is 1. The average molecular weight is 382 g/mol. The summed E-state index contributed by atoms with van der Waals surface area (Å²) in [5.74, 6) is -0.731. The van der Waals surface area contributed by atoms with Crippen LogP contribution in [0.1, 0.15) is 24.0 Å². The molecule has 2 fully saturated rings. The van der Waals surface area contributed by atoms with Crippen LogP contribution in [0.4, 0.5) is 0 Å². The summed E-state index contributed by atoms with van der Waals surface area (Å²) in [5, 5.41) is 0. The van der Waals surface area contributed by atoms with E-state index in [1.165, 1.54) is 4.31 Å². The number of rotatable bonds is 5. The molecule has 0 saturated carbocycles. The minimum absolute atomic E-state index is 0.151. The van der Waals surface area contributed by atoms with E-state index in [1.54, 1.807) is 4.90 Å². The molecule has 2 aliphatic rings. The third-order valence-corrected chi connectivity index (χ3v) is 6.28. The van der Waals surface area contributed by atoms with Gasteiger partial charge in [-0.25, -0.2) is 8.42 Å². The molecule has 2 saturated heterocycles. The fourth-order valence-corrected chi connectivity index (χ4v) is 4.12. The van der Waals surface area contributed by atoms with Crippen LogP contribution in [-0.4, -0.2) is 68.4 Å². The van der Waals surface area contributed by atoms with Gasteiger partial charge in [-0.3, -0.25) is 4.79 Å². The quantitative estimate of drug-likeness (QED) is 0.763. The van der Waals surface area contributed by atoms with E-state index in [4.69, 9.17) is 9.47 Å². The second-order valence-electron chi connectivity index (χ2n) is 6.95. The number of benzene rings is 1. The molecule has 1 aromatic rings. The smallest absolute Gasteiger partial charge is 0.237 e. The predicted molar refractivity (Wildman–Crippen MR) is 96.9 cm³/mol. The molecular formula is C18H26N2O5S. The Morgan fingerprint density at radius 1 is 1.19 bits per heavy atom. The van der Waals surface area contributed by atoms with Crippen LogP contribution in [0.2, 0.25) is 0 Å². The summed E-state index contributed by atoms with van der Waals surface area (Å²) in [5.41, 5.74) is 1.90. The molecule has 26 heavy (non-hydrogen) atoms. The Hall–Kier alpha value is -1.48. The van der Waals surface area contributed by atoms with Gasteiger partial charge in [-0.2, -0.15) is 4.31 Å². The molecular weight excluding hydrogens is 356 g/mol. The Balaban J connectivity index is 1.64. The molecule has 0 atom stereocenters. The fourth-order valence-electron chi connectivity index (χ4n) is 3.40. The molecule has 0 aliphatic carbocycles. The van der Waals surface area contributed by atoms with Gasteiger partial charge in [0.25, 0.3) is 0 Å². The van der Waals surface area contributed by atoms with Crippen LogP contribution >= 0.6 is 0 Å². The van der Waals surface area contributed by atoms with Gasteiger partial charge in [0.15, 0.2) is 5.79 Å². The zero-order valence-electron chi connectivity index (χ0n) is 15.3. The van der Waals surface area contributed by atoms with Crippen molar-refractivity contribution < 1.29 is 22.7 Å². The molecule has 1 amide bonds. The first-order chi connectivity index (χ1) is 12.3. The van der Waals surface area contributed by atoms with Gasteiger partial charge in [-0.05, 0) is 18.1 Å². The first kappa shape index (κ1) is 19.3. The number of ether oxygens (including phenoxy) is 2. The SMILES string of the molecule is Cc1ccccc1CN(CC(=O)N1CCC2(CC1)OCCO2)S(C)(=O)=O. The lowest BCUT2D eigenvalue weighted by atomic mass is 10.0. The molecule has 0 N–H and O–H groups in total. The number of carbonyl (C=O) groups excluding carboxylic acids is 1. The number of carbonyl (C=O) groups is 1. The van der Waals surface area contributed by atoms with Crippen LogP contribution in [0.25, 0.3) is 0 Å². The van der Waals surface area contributed by atoms with Crippen LogP contribution in [0, 0.1) is 6.92 Å². The molecule has 0 bridgehead atoms. The lowest BCUT2D eigenvalue weighted by Crippen LogP contribution is -2.50. The van der Waals surface area contributed by atoms with Crippen molar-refractivity contribution in [1.82, 2.24) is 9.21 Å². The maximum absolute atomic E-state index is 12.7. The van der Waals surface area contributed by atoms with E-state index < -0.39 is 15.8 Å². The molecule has 2 heterocycles. The zero-order chi connectivity index (χ0) is 18.8. The highest BCUT2D eigenvalue weighted by atomic mass is 32.2. The summed E-state index contributed by atoms with van der Waals surface area (Å²) in [6.07, 6.45) is 2.38. The molecule has 7 nitrogen and oxygen atoms in total. The van der Waals surface area contributed by atoms with E-state index in [0.717, 1.165) is 17.4 Å². The van der Waals surface area contributed by atoms with Gasteiger partial charge < -0.3 is 14.4 Å². The van der Waals surface area contributed by atoms with E-state index in [-0.39, 0.29) is 19.0 Å². The molecule has 0 radical (unpaired) electrons. The maximum atomic E-state index is 12.7. The average Bonchev–Trinajstić information content (AvgIpc) is 3.04. The third-order valence-electron chi connectivity index (χ3n) is 5.08. The second-order valence-corrected chi connectivity index (χ2v) is 8.93. The van der Waals surface area contributed by atoms with Crippen molar-refractivity contribution in [3.8, 4) is 0 Å². The highest BCUT2D eigenvalue weighted by molar-refractivity contribution is 7.88. The summed E-state index contributed by atoms with van der Waals surface area (Å²) >= 11 is 0. The minimum Gasteiger partial charge on any atom is -0.347 e. The molecule has 0 unspecified atom stereocenters. The lowest BCUT2D eigenvalue weighted by molar-refractivity contribution is -0.187. The number of hydrogen-bond donors (Lipinski definition) is 0. The van der Waals surface area contributed by atoms with E-state index in [0.29, 0.717) is 39.1 Å². The number of nitrogens with zero attached hydrogens (tertiary/aromatic N) is 2. The Labute approximate surface area is 154 Å². The molecule has 3 rings (SSSR count). The van der Waals surface area contributed by atoms with E-state index >= 15 is 0 Å². The van der Waals surface area contributed by atoms with Gasteiger partial charge in [-0.15, -0.1) is 0 Å². The summed E-state index contributed by atoms with van der Waals surface area (Å²) in [4.78, 5) is 14.4. The number of hydrogen-bond acceptors (Lipinski definition) is 5. The van der Waals surface area contributed by atoms with Crippen molar-refractivity contribution in [2.75, 3.05) is 39.1 Å². The highest BCUT2D eigenvalue weighted by Gasteiger charge is 2.41. The van der Waals surface area contributed by atoms with Crippen LogP contribution in [0.5, 0.6) is 0 Å². The van der Waals surface area contributed by atoms with Gasteiger partial charge >= 0.3 is 0 Å². The zero-order valence-corrected chi connectivity index (χ0v) is 16.1. The van der Waals surface area contributed by atoms with E-state index in [2.05, 4.69) is 0 Å². The van der Waals surface area contributed by atoms with Crippen molar-refractivity contribution >= 4 is 15.9 Å². The monoisotopic (exact) mass is 382 g/mol. The van der Waals surface area contributed by atoms with Crippen molar-refractivity contribution in [1.29, 1.82) is 0 Å². The van der Waals surface area contributed by atoms with Crippen LogP contribution in [0.3, 0.4) is 0 Å². The summed E-state index contributed by atoms with van der Waals surface area (Å²) in [6.45, 7) is 4.19.